The van der Waals surface area contributed by atoms with Crippen molar-refractivity contribution in [2.75, 3.05) is 33.3 Å². The Hall–Kier alpha value is -1.000. The van der Waals surface area contributed by atoms with E-state index < -0.39 is 0 Å². The number of methoxy groups -OCH3 is 1. The van der Waals surface area contributed by atoms with Crippen molar-refractivity contribution in [1.82, 2.24) is 10.2 Å². The smallest absolute Gasteiger partial charge is 0.126 e. The Morgan fingerprint density at radius 2 is 1.72 bits per heavy atom. The number of halogens is 2. The van der Waals surface area contributed by atoms with Gasteiger partial charge in [0.1, 0.15) is 5.75 Å². The van der Waals surface area contributed by atoms with E-state index in [2.05, 4.69) is 53.5 Å². The Balaban J connectivity index is 0.00000156. The number of ether oxygens (including phenoxy) is 1. The van der Waals surface area contributed by atoms with Crippen LogP contribution in [0.2, 0.25) is 0 Å². The zero-order chi connectivity index (χ0) is 16.1. The van der Waals surface area contributed by atoms with Gasteiger partial charge in [-0.05, 0) is 23.4 Å². The summed E-state index contributed by atoms with van der Waals surface area (Å²) in [6.45, 7) is 6.73. The quantitative estimate of drug-likeness (QED) is 0.771. The van der Waals surface area contributed by atoms with Gasteiger partial charge in [-0.15, -0.1) is 24.8 Å². The molecule has 0 radical (unpaired) electrons. The molecule has 1 N–H and O–H groups in total. The number of rotatable bonds is 6. The van der Waals surface area contributed by atoms with Crippen LogP contribution in [0, 0.1) is 0 Å². The van der Waals surface area contributed by atoms with Crippen LogP contribution in [0.3, 0.4) is 0 Å². The number of unbranched alkanes of at least 4 members (excludes halogenated alkanes) is 1. The minimum absolute atomic E-state index is 0. The molecular weight excluding hydrogens is 355 g/mol. The molecule has 0 saturated carbocycles. The number of nitrogens with zero attached hydrogens (tertiary/aromatic N) is 1. The van der Waals surface area contributed by atoms with E-state index in [-0.39, 0.29) is 24.8 Å². The lowest BCUT2D eigenvalue weighted by molar-refractivity contribution is 0.164. The minimum atomic E-state index is 0. The van der Waals surface area contributed by atoms with Gasteiger partial charge in [-0.1, -0.05) is 50.1 Å². The normalized spacial score (nSPS) is 15.9. The van der Waals surface area contributed by atoms with Gasteiger partial charge >= 0.3 is 0 Å². The van der Waals surface area contributed by atoms with Crippen LogP contribution in [0.5, 0.6) is 5.75 Å². The molecule has 1 saturated heterocycles. The number of piperazine rings is 1. The number of hydrogen-bond donors (Lipinski definition) is 1. The molecule has 0 aliphatic carbocycles. The maximum Gasteiger partial charge on any atom is 0.126 e. The summed E-state index contributed by atoms with van der Waals surface area (Å²) in [5.74, 6) is 0.971. The summed E-state index contributed by atoms with van der Waals surface area (Å²) in [7, 11) is 1.76. The van der Waals surface area contributed by atoms with Gasteiger partial charge in [0.25, 0.3) is 0 Å². The maximum atomic E-state index is 5.57. The third-order valence-corrected chi connectivity index (χ3v) is 4.92. The molecular formula is C20H30Cl2N2O. The predicted octanol–water partition coefficient (Wildman–Crippen LogP) is 4.83. The Bertz CT molecular complexity index is 645. The molecule has 140 valence electrons. The van der Waals surface area contributed by atoms with Crippen LogP contribution in [0.15, 0.2) is 36.4 Å². The first-order valence-electron chi connectivity index (χ1n) is 8.85. The second-order valence-electron chi connectivity index (χ2n) is 6.35. The van der Waals surface area contributed by atoms with E-state index in [1.165, 1.54) is 35.6 Å². The number of fused-ring (bicyclic) bond motifs is 1. The van der Waals surface area contributed by atoms with Crippen molar-refractivity contribution in [2.45, 2.75) is 32.2 Å². The van der Waals surface area contributed by atoms with E-state index in [1.807, 2.05) is 0 Å². The first kappa shape index (κ1) is 22.0. The van der Waals surface area contributed by atoms with Crippen molar-refractivity contribution in [3.63, 3.8) is 0 Å². The van der Waals surface area contributed by atoms with E-state index >= 15 is 0 Å². The van der Waals surface area contributed by atoms with Gasteiger partial charge in [-0.3, -0.25) is 4.90 Å². The van der Waals surface area contributed by atoms with Crippen LogP contribution >= 0.6 is 24.8 Å². The van der Waals surface area contributed by atoms with Gasteiger partial charge in [-0.2, -0.15) is 0 Å². The summed E-state index contributed by atoms with van der Waals surface area (Å²) in [4.78, 5) is 2.65. The van der Waals surface area contributed by atoms with Gasteiger partial charge in [-0.25, -0.2) is 0 Å². The van der Waals surface area contributed by atoms with Crippen molar-refractivity contribution in [1.29, 1.82) is 0 Å². The Kier molecular flexibility index (Phi) is 9.58. The number of benzene rings is 2. The standard InChI is InChI=1S/C20H28N2O.2ClH/c1-3-4-9-19(22-14-12-21-13-15-22)17-10-11-20(23-2)18-8-6-5-7-16(17)18;;/h5-8,10-11,19,21H,3-4,9,12-15H2,1-2H3;2*1H/t19-;;/m0../s1. The van der Waals surface area contributed by atoms with Crippen LogP contribution in [-0.2, 0) is 0 Å². The summed E-state index contributed by atoms with van der Waals surface area (Å²) in [5.41, 5.74) is 1.46. The first-order valence-corrected chi connectivity index (χ1v) is 8.85. The molecule has 0 aromatic heterocycles. The molecule has 2 aromatic rings. The molecule has 0 spiro atoms. The van der Waals surface area contributed by atoms with Crippen molar-refractivity contribution in [2.24, 2.45) is 0 Å². The summed E-state index contributed by atoms with van der Waals surface area (Å²) in [6.07, 6.45) is 3.75. The van der Waals surface area contributed by atoms with Crippen LogP contribution in [0.25, 0.3) is 10.8 Å². The summed E-state index contributed by atoms with van der Waals surface area (Å²) < 4.78 is 5.57. The Labute approximate surface area is 163 Å². The van der Waals surface area contributed by atoms with Crippen molar-refractivity contribution in [3.05, 3.63) is 42.0 Å². The van der Waals surface area contributed by atoms with E-state index in [0.717, 1.165) is 31.9 Å². The van der Waals surface area contributed by atoms with Crippen molar-refractivity contribution >= 4 is 35.6 Å². The number of hydrogen-bond acceptors (Lipinski definition) is 3. The molecule has 1 aliphatic heterocycles. The fourth-order valence-electron chi connectivity index (χ4n) is 3.69. The summed E-state index contributed by atoms with van der Waals surface area (Å²) in [6, 6.07) is 13.6. The molecule has 25 heavy (non-hydrogen) atoms. The highest BCUT2D eigenvalue weighted by Crippen LogP contribution is 2.36. The lowest BCUT2D eigenvalue weighted by Crippen LogP contribution is -2.45. The van der Waals surface area contributed by atoms with E-state index in [1.54, 1.807) is 7.11 Å². The van der Waals surface area contributed by atoms with Gasteiger partial charge < -0.3 is 10.1 Å². The van der Waals surface area contributed by atoms with E-state index in [9.17, 15) is 0 Å². The monoisotopic (exact) mass is 384 g/mol. The SMILES string of the molecule is CCCC[C@@H](c1ccc(OC)c2ccccc12)N1CCNCC1.Cl.Cl. The molecule has 1 atom stereocenters. The first-order chi connectivity index (χ1) is 11.3. The van der Waals surface area contributed by atoms with Crippen LogP contribution in [0.4, 0.5) is 0 Å². The lowest BCUT2D eigenvalue weighted by Gasteiger charge is -2.36. The zero-order valence-electron chi connectivity index (χ0n) is 15.2. The van der Waals surface area contributed by atoms with Crippen LogP contribution in [0.1, 0.15) is 37.8 Å². The van der Waals surface area contributed by atoms with Gasteiger partial charge in [0.2, 0.25) is 0 Å². The average Bonchev–Trinajstić information content (AvgIpc) is 2.63. The summed E-state index contributed by atoms with van der Waals surface area (Å²) in [5, 5.41) is 6.04. The third kappa shape index (κ3) is 5.01. The third-order valence-electron chi connectivity index (χ3n) is 4.92. The topological polar surface area (TPSA) is 24.5 Å². The minimum Gasteiger partial charge on any atom is -0.496 e. The van der Waals surface area contributed by atoms with Gasteiger partial charge in [0.15, 0.2) is 0 Å². The highest BCUT2D eigenvalue weighted by molar-refractivity contribution is 5.91. The van der Waals surface area contributed by atoms with Crippen molar-refractivity contribution in [3.8, 4) is 5.75 Å². The molecule has 3 rings (SSSR count). The Morgan fingerprint density at radius 3 is 2.36 bits per heavy atom. The molecule has 1 heterocycles. The second-order valence-corrected chi connectivity index (χ2v) is 6.35. The molecule has 1 fully saturated rings. The zero-order valence-corrected chi connectivity index (χ0v) is 16.8. The van der Waals surface area contributed by atoms with Gasteiger partial charge in [0, 0.05) is 37.6 Å². The molecule has 5 heteroatoms. The van der Waals surface area contributed by atoms with Crippen LogP contribution < -0.4 is 10.1 Å². The Morgan fingerprint density at radius 1 is 1.04 bits per heavy atom. The fourth-order valence-corrected chi connectivity index (χ4v) is 3.69. The highest BCUT2D eigenvalue weighted by Gasteiger charge is 2.23. The van der Waals surface area contributed by atoms with E-state index in [0.29, 0.717) is 6.04 Å². The lowest BCUT2D eigenvalue weighted by atomic mass is 9.93. The molecule has 2 aromatic carbocycles. The fraction of sp³-hybridized carbons (Fsp3) is 0.500. The van der Waals surface area contributed by atoms with E-state index in [4.69, 9.17) is 4.74 Å². The largest absolute Gasteiger partial charge is 0.496 e. The molecule has 3 nitrogen and oxygen atoms in total. The van der Waals surface area contributed by atoms with Crippen LogP contribution in [-0.4, -0.2) is 38.2 Å². The second kappa shape index (κ2) is 10.9. The average molecular weight is 385 g/mol. The molecule has 0 amide bonds. The molecule has 0 bridgehead atoms. The maximum absolute atomic E-state index is 5.57. The summed E-state index contributed by atoms with van der Waals surface area (Å²) >= 11 is 0. The highest BCUT2D eigenvalue weighted by atomic mass is 35.5. The van der Waals surface area contributed by atoms with Gasteiger partial charge in [0.05, 0.1) is 7.11 Å². The molecule has 0 unspecified atom stereocenters. The van der Waals surface area contributed by atoms with Crippen molar-refractivity contribution < 1.29 is 4.74 Å². The molecule has 1 aliphatic rings. The predicted molar refractivity (Wildman–Crippen MR) is 112 cm³/mol. The number of nitrogens with one attached hydrogen (secondary N) is 1.